The first kappa shape index (κ1) is 124. The maximum absolute atomic E-state index is 12.6. The average molecular weight is 1950 g/mol. The molecule has 702 valence electrons. The molecule has 7 atom stereocenters. The van der Waals surface area contributed by atoms with Gasteiger partial charge in [-0.1, -0.05) is 200 Å². The SMILES string of the molecule is C=C(c1ccccc1)P(=O)(OC)OOC(C)CC.C=C(c1ccccc1)P(=O)(OC)OOC1CSCSC1.C=C(c1ccccc1)P(C)(=O)OOC(C)CC.C=CC(=O)OOP(=O)(C=C)OOC(=O)C=C.C=CC(=O)OOS(=O)(=O)C=C.C=CP(=O)(CC)OOCCOCCOC.C=CP(=O)(OC)OOCCOCCOC.C=CS(=O)(=O)OOC(=O)C(=C)C. The van der Waals surface area contributed by atoms with Gasteiger partial charge in [0, 0.05) is 106 Å². The minimum absolute atomic E-state index is 0.0364. The fourth-order valence-corrected chi connectivity index (χ4v) is 13.4. The second-order valence-corrected chi connectivity index (χ2v) is 40.6. The van der Waals surface area contributed by atoms with Crippen molar-refractivity contribution in [2.45, 2.75) is 72.7 Å². The van der Waals surface area contributed by atoms with Crippen LogP contribution in [0, 0.1) is 0 Å². The summed E-state index contributed by atoms with van der Waals surface area (Å²) in [6.07, 6.45) is 3.92. The van der Waals surface area contributed by atoms with Gasteiger partial charge >= 0.3 is 74.5 Å². The van der Waals surface area contributed by atoms with Gasteiger partial charge in [-0.25, -0.2) is 48.2 Å². The zero-order chi connectivity index (χ0) is 95.3. The Kier molecular flexibility index (Phi) is 71.4. The van der Waals surface area contributed by atoms with E-state index >= 15 is 0 Å². The fourth-order valence-electron chi connectivity index (χ4n) is 5.82. The molecule has 39 nitrogen and oxygen atoms in total. The van der Waals surface area contributed by atoms with E-state index in [2.05, 4.69) is 131 Å². The van der Waals surface area contributed by atoms with Gasteiger partial charge in [0.2, 0.25) is 0 Å². The minimum Gasteiger partial charge on any atom is -0.382 e. The van der Waals surface area contributed by atoms with Crippen LogP contribution in [0.25, 0.3) is 15.9 Å². The number of benzene rings is 3. The van der Waals surface area contributed by atoms with Crippen LogP contribution in [0.15, 0.2) is 222 Å². The Morgan fingerprint density at radius 3 is 1.18 bits per heavy atom. The molecular weight excluding hydrogens is 1840 g/mol. The zero-order valence-corrected chi connectivity index (χ0v) is 79.8. The predicted molar refractivity (Wildman–Crippen MR) is 472 cm³/mol. The molecule has 1 saturated heterocycles. The van der Waals surface area contributed by atoms with Crippen molar-refractivity contribution in [3.8, 4) is 0 Å². The maximum Gasteiger partial charge on any atom is 0.427 e. The predicted octanol–water partition coefficient (Wildman–Crippen LogP) is 18.7. The Labute approximate surface area is 734 Å². The smallest absolute Gasteiger partial charge is 0.382 e. The molecular formula is C75H114O39P6S4. The molecule has 3 aromatic carbocycles. The largest absolute Gasteiger partial charge is 0.427 e. The first-order valence-corrected chi connectivity index (χ1v) is 51.1. The Morgan fingerprint density at radius 1 is 0.460 bits per heavy atom. The summed E-state index contributed by atoms with van der Waals surface area (Å²) < 4.78 is 188. The fraction of sp³-hybridized carbons (Fsp3) is 0.387. The molecule has 0 spiro atoms. The second-order valence-electron chi connectivity index (χ2n) is 22.5. The topological polar surface area (TPSA) is 470 Å². The molecule has 49 heteroatoms. The van der Waals surface area contributed by atoms with Crippen molar-refractivity contribution in [3.05, 3.63) is 239 Å². The lowest BCUT2D eigenvalue weighted by Gasteiger charge is -2.23. The average Bonchev–Trinajstić information content (AvgIpc) is 0.830. The minimum atomic E-state index is -4.05. The Hall–Kier alpha value is -6.44. The molecule has 0 radical (unpaired) electrons. The number of carbonyl (C=O) groups is 4. The Balaban J connectivity index is -0.000000668. The van der Waals surface area contributed by atoms with E-state index in [1.807, 2.05) is 107 Å². The van der Waals surface area contributed by atoms with Gasteiger partial charge in [0.25, 0.3) is 14.7 Å². The molecule has 0 N–H and O–H groups in total. The van der Waals surface area contributed by atoms with E-state index in [1.54, 1.807) is 56.8 Å². The van der Waals surface area contributed by atoms with E-state index in [9.17, 15) is 63.4 Å². The molecule has 0 aliphatic carbocycles. The van der Waals surface area contributed by atoms with Crippen LogP contribution in [0.5, 0.6) is 0 Å². The monoisotopic (exact) mass is 1950 g/mol. The number of carbonyl (C=O) groups excluding carboxylic acids is 4. The summed E-state index contributed by atoms with van der Waals surface area (Å²) in [5.41, 5.74) is 2.27. The molecule has 1 fully saturated rings. The van der Waals surface area contributed by atoms with Crippen molar-refractivity contribution < 1.29 is 181 Å². The molecule has 4 rings (SSSR count). The van der Waals surface area contributed by atoms with Gasteiger partial charge in [-0.05, 0) is 64.8 Å². The lowest BCUT2D eigenvalue weighted by molar-refractivity contribution is -0.244. The molecule has 1 heterocycles. The van der Waals surface area contributed by atoms with Gasteiger partial charge in [0.1, 0.15) is 19.3 Å². The number of methoxy groups -OCH3 is 2. The maximum atomic E-state index is 12.6. The molecule has 1 aliphatic heterocycles. The van der Waals surface area contributed by atoms with Gasteiger partial charge in [-0.15, -0.1) is 37.5 Å². The van der Waals surface area contributed by atoms with E-state index in [4.69, 9.17) is 66.2 Å². The van der Waals surface area contributed by atoms with Crippen LogP contribution in [0.2, 0.25) is 0 Å². The summed E-state index contributed by atoms with van der Waals surface area (Å²) >= 11 is 3.54. The van der Waals surface area contributed by atoms with Crippen LogP contribution < -0.4 is 0 Å². The Morgan fingerprint density at radius 2 is 0.831 bits per heavy atom. The lowest BCUT2D eigenvalue weighted by Crippen LogP contribution is -2.22. The summed E-state index contributed by atoms with van der Waals surface area (Å²) in [6.45, 7) is 54.8. The highest BCUT2D eigenvalue weighted by Gasteiger charge is 2.34. The number of hydrogen-bond acceptors (Lipinski definition) is 41. The van der Waals surface area contributed by atoms with Crippen molar-refractivity contribution in [2.24, 2.45) is 0 Å². The highest BCUT2D eigenvalue weighted by atomic mass is 32.2. The standard InChI is InChI=1S/C13H17O4PS2.C13H19O4P.C13H19O3P.C9H19O5P.C8H9O7P.C8H17O6P.C6H8O5S.C5H6O5S/c1-11(12-6-4-3-5-7-12)18(14,15-2)17-16-13-8-19-10-20-9-13;1-5-11(2)16-17-18(14,15-4)12(3)13-9-7-6-8-10-13;1-5-11(2)15-16-17(4,14)12(3)13-9-7-6-8-10-13;1-4-15(10,5-2)14-13-9-8-12-7-6-11-3;1-4-7(9)12-14-16(11,6-3)15-13-8(10)5-2;1-4-15(9,11-3)14-13-8-7-12-6-5-10-2;1-4-12(8,9)11-10-6(7)5(2)3;1-3-5(6)9-10-11(7,8)4-2/h3-7,13H,1,8-10H2,2H3;6-11H,3,5H2,1-2,4H3;6-11H,3,5H2,1-2,4H3;4H,1,5-9H2,2-3H3;4-6H,1-3H2;4H,1,5-8H2,2-3H3;4H,1-2H2,3H3;3-4H,1-2H2. The molecule has 124 heavy (non-hydrogen) atoms. The number of hydrogen-bond donors (Lipinski definition) is 0. The van der Waals surface area contributed by atoms with Gasteiger partial charge in [0.15, 0.2) is 0 Å². The highest BCUT2D eigenvalue weighted by molar-refractivity contribution is 8.16. The normalized spacial score (nSPS) is 14.5. The van der Waals surface area contributed by atoms with Crippen LogP contribution in [0.3, 0.4) is 0 Å². The van der Waals surface area contributed by atoms with Crippen molar-refractivity contribution in [1.29, 1.82) is 0 Å². The lowest BCUT2D eigenvalue weighted by atomic mass is 10.2. The van der Waals surface area contributed by atoms with Crippen LogP contribution in [-0.2, 0) is 185 Å². The summed E-state index contributed by atoms with van der Waals surface area (Å²) in [7, 11) is -20.9. The van der Waals surface area contributed by atoms with Crippen LogP contribution in [0.1, 0.15) is 71.1 Å². The third kappa shape index (κ3) is 60.3. The molecule has 0 aromatic heterocycles. The van der Waals surface area contributed by atoms with E-state index in [-0.39, 0.29) is 42.4 Å². The molecule has 3 aromatic rings. The van der Waals surface area contributed by atoms with Crippen molar-refractivity contribution >= 4 is 129 Å². The van der Waals surface area contributed by atoms with E-state index in [0.717, 1.165) is 59.0 Å². The third-order valence-corrected chi connectivity index (χ3v) is 26.1. The van der Waals surface area contributed by atoms with E-state index in [0.29, 0.717) is 84.2 Å². The van der Waals surface area contributed by atoms with Crippen molar-refractivity contribution in [3.63, 3.8) is 0 Å². The van der Waals surface area contributed by atoms with Gasteiger partial charge in [-0.3, -0.25) is 42.4 Å². The van der Waals surface area contributed by atoms with Crippen LogP contribution in [0.4, 0.5) is 0 Å². The number of rotatable bonds is 54. The van der Waals surface area contributed by atoms with Gasteiger partial charge < -0.3 is 32.5 Å². The number of ether oxygens (including phenoxy) is 4. The summed E-state index contributed by atoms with van der Waals surface area (Å²) in [5, 5.41) is 3.13. The third-order valence-electron chi connectivity index (χ3n) is 13.2. The number of thioether (sulfide) groups is 2. The molecule has 0 saturated carbocycles. The second kappa shape index (κ2) is 71.5. The van der Waals surface area contributed by atoms with Crippen LogP contribution >= 0.6 is 68.6 Å². The van der Waals surface area contributed by atoms with Gasteiger partial charge in [0.05, 0.1) is 73.3 Å². The highest BCUT2D eigenvalue weighted by Crippen LogP contribution is 2.61. The molecule has 0 amide bonds. The summed E-state index contributed by atoms with van der Waals surface area (Å²) in [6, 6.07) is 27.6. The van der Waals surface area contributed by atoms with Crippen LogP contribution in [-0.4, -0.2) is 177 Å². The Bertz CT molecular complexity index is 4190. The quantitative estimate of drug-likeness (QED) is 0.0166. The molecule has 1 aliphatic rings. The van der Waals surface area contributed by atoms with Crippen molar-refractivity contribution in [1.82, 2.24) is 0 Å². The zero-order valence-electron chi connectivity index (χ0n) is 71.1. The van der Waals surface area contributed by atoms with Gasteiger partial charge in [-0.2, -0.15) is 26.2 Å². The summed E-state index contributed by atoms with van der Waals surface area (Å²) in [4.78, 5) is 82.3. The van der Waals surface area contributed by atoms with Crippen molar-refractivity contribution in [2.75, 3.05) is 118 Å². The molecule has 0 bridgehead atoms. The summed E-state index contributed by atoms with van der Waals surface area (Å²) in [5.74, 6) is 0.762. The van der Waals surface area contributed by atoms with E-state index in [1.165, 1.54) is 40.7 Å². The first-order chi connectivity index (χ1) is 58.4. The molecule has 7 unspecified atom stereocenters. The first-order valence-electron chi connectivity index (χ1n) is 35.6. The van der Waals surface area contributed by atoms with E-state index < -0.39 is 89.2 Å².